The average Bonchev–Trinajstić information content (AvgIpc) is 3.30. The zero-order chi connectivity index (χ0) is 17.2. The Labute approximate surface area is 152 Å². The lowest BCUT2D eigenvalue weighted by Gasteiger charge is -2.31. The molecule has 0 unspecified atom stereocenters. The number of hydrogen-bond acceptors (Lipinski definition) is 3. The topological polar surface area (TPSA) is 38.1 Å². The number of aromatic nitrogens is 2. The second kappa shape index (κ2) is 7.00. The molecule has 0 bridgehead atoms. The van der Waals surface area contributed by atoms with Crippen molar-refractivity contribution in [2.24, 2.45) is 0 Å². The molecule has 0 N–H and O–H groups in total. The maximum atomic E-state index is 13.0. The van der Waals surface area contributed by atoms with E-state index in [1.165, 1.54) is 19.3 Å². The number of carbonyl (C=O) groups excluding carboxylic acids is 1. The highest BCUT2D eigenvalue weighted by Gasteiger charge is 2.24. The molecule has 0 spiro atoms. The molecule has 1 aliphatic rings. The monoisotopic (exact) mass is 353 g/mol. The van der Waals surface area contributed by atoms with Crippen LogP contribution in [0.4, 0.5) is 0 Å². The molecule has 0 saturated heterocycles. The van der Waals surface area contributed by atoms with Crippen molar-refractivity contribution in [1.82, 2.24) is 14.5 Å². The Kier molecular flexibility index (Phi) is 4.57. The van der Waals surface area contributed by atoms with Gasteiger partial charge in [0.2, 0.25) is 5.91 Å². The van der Waals surface area contributed by atoms with Crippen LogP contribution in [0.2, 0.25) is 0 Å². The van der Waals surface area contributed by atoms with Crippen molar-refractivity contribution in [1.29, 1.82) is 0 Å². The van der Waals surface area contributed by atoms with E-state index >= 15 is 0 Å². The van der Waals surface area contributed by atoms with Gasteiger partial charge in [-0.05, 0) is 36.4 Å². The average molecular weight is 353 g/mol. The Balaban J connectivity index is 1.66. The van der Waals surface area contributed by atoms with Gasteiger partial charge in [-0.15, -0.1) is 11.3 Å². The second-order valence-corrected chi connectivity index (χ2v) is 7.73. The molecular formula is C20H23N3OS. The molecule has 1 aromatic carbocycles. The van der Waals surface area contributed by atoms with Crippen LogP contribution < -0.4 is 0 Å². The van der Waals surface area contributed by atoms with Crippen molar-refractivity contribution >= 4 is 28.3 Å². The van der Waals surface area contributed by atoms with Gasteiger partial charge in [-0.25, -0.2) is 4.98 Å². The molecule has 0 radical (unpaired) electrons. The summed E-state index contributed by atoms with van der Waals surface area (Å²) in [6.45, 7) is 0.348. The highest BCUT2D eigenvalue weighted by atomic mass is 32.1. The minimum Gasteiger partial charge on any atom is -0.341 e. The number of hydrogen-bond donors (Lipinski definition) is 0. The number of rotatable bonds is 4. The number of amides is 1. The first-order chi connectivity index (χ1) is 12.2. The minimum atomic E-state index is 0.174. The lowest BCUT2D eigenvalue weighted by atomic mass is 9.94. The Hall–Kier alpha value is -2.14. The smallest absolute Gasteiger partial charge is 0.242 e. The summed E-state index contributed by atoms with van der Waals surface area (Å²) in [4.78, 5) is 20.8. The fraction of sp³-hybridized carbons (Fsp3) is 0.400. The van der Waals surface area contributed by atoms with E-state index in [1.807, 2.05) is 42.3 Å². The summed E-state index contributed by atoms with van der Waals surface area (Å²) in [6.07, 6.45) is 6.02. The van der Waals surface area contributed by atoms with Crippen LogP contribution >= 0.6 is 11.3 Å². The van der Waals surface area contributed by atoms with E-state index in [2.05, 4.69) is 16.0 Å². The molecule has 3 aromatic rings. The van der Waals surface area contributed by atoms with Gasteiger partial charge in [0.25, 0.3) is 0 Å². The summed E-state index contributed by atoms with van der Waals surface area (Å²) in [7, 11) is 1.96. The standard InChI is InChI=1S/C20H23N3OS/c1-22(15-8-3-2-4-9-15)19(24)14-23-17-11-6-5-10-16(17)21-20(23)18-12-7-13-25-18/h5-7,10-13,15H,2-4,8-9,14H2,1H3. The number of likely N-dealkylation sites (N-methyl/N-ethyl adjacent to an activating group) is 1. The highest BCUT2D eigenvalue weighted by molar-refractivity contribution is 7.13. The van der Waals surface area contributed by atoms with Gasteiger partial charge >= 0.3 is 0 Å². The van der Waals surface area contributed by atoms with Crippen molar-refractivity contribution < 1.29 is 4.79 Å². The molecule has 4 rings (SSSR count). The lowest BCUT2D eigenvalue weighted by molar-refractivity contribution is -0.133. The van der Waals surface area contributed by atoms with E-state index in [0.717, 1.165) is 34.6 Å². The molecule has 1 amide bonds. The first-order valence-corrected chi connectivity index (χ1v) is 9.87. The number of imidazole rings is 1. The van der Waals surface area contributed by atoms with Gasteiger partial charge in [0, 0.05) is 13.1 Å². The molecule has 0 atom stereocenters. The number of nitrogens with zero attached hydrogens (tertiary/aromatic N) is 3. The molecule has 1 fully saturated rings. The highest BCUT2D eigenvalue weighted by Crippen LogP contribution is 2.29. The summed E-state index contributed by atoms with van der Waals surface area (Å²) in [5, 5.41) is 2.05. The maximum Gasteiger partial charge on any atom is 0.242 e. The fourth-order valence-corrected chi connectivity index (χ4v) is 4.47. The molecule has 2 aromatic heterocycles. The van der Waals surface area contributed by atoms with Crippen molar-refractivity contribution in [3.8, 4) is 10.7 Å². The number of benzene rings is 1. The van der Waals surface area contributed by atoms with Gasteiger partial charge in [-0.2, -0.15) is 0 Å². The third-order valence-electron chi connectivity index (χ3n) is 5.21. The molecule has 4 nitrogen and oxygen atoms in total. The predicted octanol–water partition coefficient (Wildman–Crippen LogP) is 4.56. The second-order valence-electron chi connectivity index (χ2n) is 6.78. The molecule has 2 heterocycles. The molecule has 130 valence electrons. The summed E-state index contributed by atoms with van der Waals surface area (Å²) in [6, 6.07) is 12.5. The van der Waals surface area contributed by atoms with Crippen LogP contribution in [0.25, 0.3) is 21.7 Å². The van der Waals surface area contributed by atoms with Crippen LogP contribution in [0.15, 0.2) is 41.8 Å². The van der Waals surface area contributed by atoms with Crippen LogP contribution in [-0.4, -0.2) is 33.4 Å². The normalized spacial score (nSPS) is 15.6. The first kappa shape index (κ1) is 16.3. The van der Waals surface area contributed by atoms with Gasteiger partial charge in [0.1, 0.15) is 6.54 Å². The van der Waals surface area contributed by atoms with Crippen LogP contribution in [0, 0.1) is 0 Å². The summed E-state index contributed by atoms with van der Waals surface area (Å²) >= 11 is 1.66. The Bertz CT molecular complexity index is 862. The van der Waals surface area contributed by atoms with E-state index in [0.29, 0.717) is 12.6 Å². The summed E-state index contributed by atoms with van der Waals surface area (Å²) in [5.74, 6) is 1.06. The van der Waals surface area contributed by atoms with Gasteiger partial charge in [0.05, 0.1) is 15.9 Å². The Morgan fingerprint density at radius 1 is 1.20 bits per heavy atom. The molecule has 25 heavy (non-hydrogen) atoms. The van der Waals surface area contributed by atoms with Crippen molar-refractivity contribution in [3.05, 3.63) is 41.8 Å². The van der Waals surface area contributed by atoms with Crippen molar-refractivity contribution in [2.45, 2.75) is 44.7 Å². The van der Waals surface area contributed by atoms with E-state index < -0.39 is 0 Å². The zero-order valence-corrected chi connectivity index (χ0v) is 15.3. The van der Waals surface area contributed by atoms with Gasteiger partial charge in [-0.1, -0.05) is 37.5 Å². The number of fused-ring (bicyclic) bond motifs is 1. The predicted molar refractivity (Wildman–Crippen MR) is 103 cm³/mol. The minimum absolute atomic E-state index is 0.174. The largest absolute Gasteiger partial charge is 0.341 e. The quantitative estimate of drug-likeness (QED) is 0.690. The molecule has 1 saturated carbocycles. The van der Waals surface area contributed by atoms with Gasteiger partial charge < -0.3 is 9.47 Å². The van der Waals surface area contributed by atoms with E-state index in [4.69, 9.17) is 4.98 Å². The maximum absolute atomic E-state index is 13.0. The zero-order valence-electron chi connectivity index (χ0n) is 14.5. The molecular weight excluding hydrogens is 330 g/mol. The molecule has 1 aliphatic carbocycles. The third kappa shape index (κ3) is 3.21. The van der Waals surface area contributed by atoms with E-state index in [9.17, 15) is 4.79 Å². The number of thiophene rings is 1. The SMILES string of the molecule is CN(C(=O)Cn1c(-c2cccs2)nc2ccccc21)C1CCCCC1. The van der Waals surface area contributed by atoms with Crippen LogP contribution in [-0.2, 0) is 11.3 Å². The van der Waals surface area contributed by atoms with Crippen molar-refractivity contribution in [3.63, 3.8) is 0 Å². The van der Waals surface area contributed by atoms with E-state index in [1.54, 1.807) is 11.3 Å². The molecule has 5 heteroatoms. The van der Waals surface area contributed by atoms with Crippen LogP contribution in [0.5, 0.6) is 0 Å². The van der Waals surface area contributed by atoms with E-state index in [-0.39, 0.29) is 5.91 Å². The lowest BCUT2D eigenvalue weighted by Crippen LogP contribution is -2.40. The van der Waals surface area contributed by atoms with Crippen molar-refractivity contribution in [2.75, 3.05) is 7.05 Å². The Morgan fingerprint density at radius 3 is 2.76 bits per heavy atom. The van der Waals surface area contributed by atoms with Crippen LogP contribution in [0.3, 0.4) is 0 Å². The summed E-state index contributed by atoms with van der Waals surface area (Å²) < 4.78 is 2.07. The van der Waals surface area contributed by atoms with Gasteiger partial charge in [0.15, 0.2) is 5.82 Å². The number of carbonyl (C=O) groups is 1. The third-order valence-corrected chi connectivity index (χ3v) is 6.07. The van der Waals surface area contributed by atoms with Gasteiger partial charge in [-0.3, -0.25) is 4.79 Å². The first-order valence-electron chi connectivity index (χ1n) is 8.99. The molecule has 0 aliphatic heterocycles. The Morgan fingerprint density at radius 2 is 2.00 bits per heavy atom. The number of para-hydroxylation sites is 2. The van der Waals surface area contributed by atoms with Crippen LogP contribution in [0.1, 0.15) is 32.1 Å². The fourth-order valence-electron chi connectivity index (χ4n) is 3.75. The summed E-state index contributed by atoms with van der Waals surface area (Å²) in [5.41, 5.74) is 1.97.